The Bertz CT molecular complexity index is 468. The Kier molecular flexibility index (Phi) is 9.78. The van der Waals surface area contributed by atoms with Crippen molar-refractivity contribution in [3.05, 3.63) is 21.0 Å². The third kappa shape index (κ3) is 6.84. The van der Waals surface area contributed by atoms with E-state index in [4.69, 9.17) is 4.74 Å². The van der Waals surface area contributed by atoms with Crippen molar-refractivity contribution in [3.8, 4) is 0 Å². The van der Waals surface area contributed by atoms with Crippen molar-refractivity contribution in [3.63, 3.8) is 0 Å². The van der Waals surface area contributed by atoms with Crippen LogP contribution in [0.5, 0.6) is 0 Å². The SMILES string of the molecule is COCCn1ncc(NCCCCCCSC)c(Br)c1=O. The number of anilines is 1. The van der Waals surface area contributed by atoms with Crippen molar-refractivity contribution in [2.24, 2.45) is 0 Å². The Balaban J connectivity index is 2.38. The smallest absolute Gasteiger partial charge is 0.283 e. The number of methoxy groups -OCH3 is 1. The van der Waals surface area contributed by atoms with Gasteiger partial charge in [-0.2, -0.15) is 16.9 Å². The van der Waals surface area contributed by atoms with E-state index >= 15 is 0 Å². The average molecular weight is 378 g/mol. The van der Waals surface area contributed by atoms with Gasteiger partial charge in [-0.1, -0.05) is 12.8 Å². The number of nitrogens with zero attached hydrogens (tertiary/aromatic N) is 2. The van der Waals surface area contributed by atoms with Crippen molar-refractivity contribution in [2.75, 3.05) is 37.6 Å². The Morgan fingerprint density at radius 3 is 2.86 bits per heavy atom. The van der Waals surface area contributed by atoms with Crippen LogP contribution in [0.25, 0.3) is 0 Å². The van der Waals surface area contributed by atoms with Gasteiger partial charge in [-0.25, -0.2) is 4.68 Å². The molecule has 0 amide bonds. The number of rotatable bonds is 11. The predicted molar refractivity (Wildman–Crippen MR) is 93.4 cm³/mol. The topological polar surface area (TPSA) is 56.1 Å². The zero-order valence-electron chi connectivity index (χ0n) is 12.7. The van der Waals surface area contributed by atoms with E-state index < -0.39 is 0 Å². The molecule has 5 nitrogen and oxygen atoms in total. The molecule has 0 aliphatic rings. The van der Waals surface area contributed by atoms with Gasteiger partial charge in [0.15, 0.2) is 0 Å². The molecule has 0 bridgehead atoms. The highest BCUT2D eigenvalue weighted by Crippen LogP contribution is 2.16. The van der Waals surface area contributed by atoms with Gasteiger partial charge in [0, 0.05) is 13.7 Å². The number of halogens is 1. The Morgan fingerprint density at radius 2 is 2.14 bits per heavy atom. The van der Waals surface area contributed by atoms with Gasteiger partial charge in [0.25, 0.3) is 5.56 Å². The van der Waals surface area contributed by atoms with Crippen molar-refractivity contribution in [1.29, 1.82) is 0 Å². The largest absolute Gasteiger partial charge is 0.383 e. The first kappa shape index (κ1) is 18.5. The number of hydrogen-bond acceptors (Lipinski definition) is 5. The van der Waals surface area contributed by atoms with E-state index in [9.17, 15) is 4.79 Å². The van der Waals surface area contributed by atoms with Crippen LogP contribution in [0, 0.1) is 0 Å². The fourth-order valence-corrected chi connectivity index (χ4v) is 2.81. The highest BCUT2D eigenvalue weighted by Gasteiger charge is 2.08. The molecule has 0 unspecified atom stereocenters. The van der Waals surface area contributed by atoms with Crippen LogP contribution in [-0.4, -0.2) is 42.1 Å². The quantitative estimate of drug-likeness (QED) is 0.600. The molecule has 0 aliphatic carbocycles. The minimum absolute atomic E-state index is 0.128. The lowest BCUT2D eigenvalue weighted by Crippen LogP contribution is -2.26. The molecule has 0 atom stereocenters. The van der Waals surface area contributed by atoms with Gasteiger partial charge in [0.1, 0.15) is 4.47 Å². The monoisotopic (exact) mass is 377 g/mol. The van der Waals surface area contributed by atoms with Gasteiger partial charge >= 0.3 is 0 Å². The molecular weight excluding hydrogens is 354 g/mol. The summed E-state index contributed by atoms with van der Waals surface area (Å²) in [5.41, 5.74) is 0.634. The summed E-state index contributed by atoms with van der Waals surface area (Å²) in [5, 5.41) is 7.41. The molecule has 1 rings (SSSR count). The molecule has 0 aliphatic heterocycles. The molecule has 0 fully saturated rings. The lowest BCUT2D eigenvalue weighted by molar-refractivity contribution is 0.181. The van der Waals surface area contributed by atoms with E-state index in [1.165, 1.54) is 29.7 Å². The number of nitrogens with one attached hydrogen (secondary N) is 1. The second-order valence-electron chi connectivity index (χ2n) is 4.73. The molecule has 1 N–H and O–H groups in total. The van der Waals surface area contributed by atoms with Crippen molar-refractivity contribution in [1.82, 2.24) is 9.78 Å². The summed E-state index contributed by atoms with van der Waals surface area (Å²) in [6.07, 6.45) is 8.69. The second kappa shape index (κ2) is 11.1. The first-order valence-corrected chi connectivity index (χ1v) is 9.36. The Hall–Kier alpha value is -0.530. The third-order valence-corrected chi connectivity index (χ3v) is 4.55. The molecule has 0 spiro atoms. The second-order valence-corrected chi connectivity index (χ2v) is 6.51. The maximum absolute atomic E-state index is 12.1. The van der Waals surface area contributed by atoms with E-state index in [1.807, 2.05) is 11.8 Å². The Labute approximate surface area is 139 Å². The summed E-state index contributed by atoms with van der Waals surface area (Å²) in [6, 6.07) is 0. The van der Waals surface area contributed by atoms with Gasteiger partial charge in [0.05, 0.1) is 25.0 Å². The molecule has 0 aromatic carbocycles. The van der Waals surface area contributed by atoms with Gasteiger partial charge in [-0.3, -0.25) is 4.79 Å². The fourth-order valence-electron chi connectivity index (χ4n) is 1.87. The van der Waals surface area contributed by atoms with Crippen LogP contribution < -0.4 is 10.9 Å². The molecule has 0 radical (unpaired) electrons. The minimum atomic E-state index is -0.128. The number of hydrogen-bond donors (Lipinski definition) is 1. The summed E-state index contributed by atoms with van der Waals surface area (Å²) in [4.78, 5) is 12.1. The number of thioether (sulfide) groups is 1. The van der Waals surface area contributed by atoms with Crippen LogP contribution in [0.1, 0.15) is 25.7 Å². The lowest BCUT2D eigenvalue weighted by atomic mass is 10.2. The zero-order chi connectivity index (χ0) is 15.5. The summed E-state index contributed by atoms with van der Waals surface area (Å²) >= 11 is 5.24. The highest BCUT2D eigenvalue weighted by molar-refractivity contribution is 9.10. The zero-order valence-corrected chi connectivity index (χ0v) is 15.1. The van der Waals surface area contributed by atoms with Crippen LogP contribution in [0.15, 0.2) is 15.5 Å². The highest BCUT2D eigenvalue weighted by atomic mass is 79.9. The summed E-state index contributed by atoms with van der Waals surface area (Å²) in [6.45, 7) is 1.80. The molecule has 0 saturated carbocycles. The predicted octanol–water partition coefficient (Wildman–Crippen LogP) is 2.99. The summed E-state index contributed by atoms with van der Waals surface area (Å²) < 4.78 is 6.90. The molecule has 0 saturated heterocycles. The Morgan fingerprint density at radius 1 is 1.38 bits per heavy atom. The molecule has 7 heteroatoms. The van der Waals surface area contributed by atoms with Crippen LogP contribution in [0.4, 0.5) is 5.69 Å². The van der Waals surface area contributed by atoms with Gasteiger partial charge in [0.2, 0.25) is 0 Å². The maximum atomic E-state index is 12.1. The van der Waals surface area contributed by atoms with Gasteiger partial charge in [-0.15, -0.1) is 0 Å². The normalized spacial score (nSPS) is 10.8. The van der Waals surface area contributed by atoms with E-state index in [0.717, 1.165) is 18.7 Å². The summed E-state index contributed by atoms with van der Waals surface area (Å²) in [7, 11) is 1.61. The number of ether oxygens (including phenoxy) is 1. The third-order valence-electron chi connectivity index (χ3n) is 3.08. The van der Waals surface area contributed by atoms with E-state index in [0.29, 0.717) is 17.6 Å². The first-order chi connectivity index (χ1) is 10.2. The average Bonchev–Trinajstić information content (AvgIpc) is 2.49. The van der Waals surface area contributed by atoms with Crippen LogP contribution in [0.3, 0.4) is 0 Å². The van der Waals surface area contributed by atoms with Crippen molar-refractivity contribution < 1.29 is 4.74 Å². The van der Waals surface area contributed by atoms with E-state index in [2.05, 4.69) is 32.6 Å². The van der Waals surface area contributed by atoms with Crippen LogP contribution >= 0.6 is 27.7 Å². The minimum Gasteiger partial charge on any atom is -0.383 e. The maximum Gasteiger partial charge on any atom is 0.283 e. The van der Waals surface area contributed by atoms with Crippen molar-refractivity contribution in [2.45, 2.75) is 32.2 Å². The van der Waals surface area contributed by atoms with Crippen molar-refractivity contribution >= 4 is 33.4 Å². The molecule has 1 aromatic rings. The molecule has 120 valence electrons. The standard InChI is InChI=1S/C14H24BrN3O2S/c1-20-9-8-18-14(19)13(15)12(11-17-18)16-7-5-3-4-6-10-21-2/h11,16H,3-10H2,1-2H3. The number of unbranched alkanes of at least 4 members (excludes halogenated alkanes) is 3. The molecule has 21 heavy (non-hydrogen) atoms. The van der Waals surface area contributed by atoms with Gasteiger partial charge in [-0.05, 0) is 40.8 Å². The molecule has 1 heterocycles. The molecular formula is C14H24BrN3O2S. The molecule has 1 aromatic heterocycles. The van der Waals surface area contributed by atoms with Crippen LogP contribution in [-0.2, 0) is 11.3 Å². The number of aromatic nitrogens is 2. The lowest BCUT2D eigenvalue weighted by Gasteiger charge is -2.10. The van der Waals surface area contributed by atoms with Crippen LogP contribution in [0.2, 0.25) is 0 Å². The fraction of sp³-hybridized carbons (Fsp3) is 0.714. The van der Waals surface area contributed by atoms with Gasteiger partial charge < -0.3 is 10.1 Å². The first-order valence-electron chi connectivity index (χ1n) is 7.18. The van der Waals surface area contributed by atoms with E-state index in [1.54, 1.807) is 13.3 Å². The van der Waals surface area contributed by atoms with E-state index in [-0.39, 0.29) is 5.56 Å². The summed E-state index contributed by atoms with van der Waals surface area (Å²) in [5.74, 6) is 1.24.